The molecule has 6 heteroatoms. The molecule has 0 aliphatic carbocycles. The first-order chi connectivity index (χ1) is 9.13. The van der Waals surface area contributed by atoms with Crippen molar-refractivity contribution in [1.82, 2.24) is 15.0 Å². The number of hydrogen-bond donors (Lipinski definition) is 0. The predicted molar refractivity (Wildman–Crippen MR) is 74.6 cm³/mol. The number of fused-ring (bicyclic) bond motifs is 1. The van der Waals surface area contributed by atoms with Crippen molar-refractivity contribution in [2.75, 3.05) is 0 Å². The van der Waals surface area contributed by atoms with Gasteiger partial charge < -0.3 is 4.42 Å². The maximum atomic E-state index is 5.96. The molecule has 1 aromatic carbocycles. The Hall–Kier alpha value is -1.59. The van der Waals surface area contributed by atoms with E-state index >= 15 is 0 Å². The quantitative estimate of drug-likeness (QED) is 0.667. The zero-order valence-corrected chi connectivity index (χ0v) is 11.9. The number of aromatic nitrogens is 3. The Labute approximate surface area is 119 Å². The van der Waals surface area contributed by atoms with Gasteiger partial charge in [0.05, 0.1) is 11.2 Å². The number of benzene rings is 1. The van der Waals surface area contributed by atoms with Crippen LogP contribution in [0.5, 0.6) is 0 Å². The van der Waals surface area contributed by atoms with E-state index in [0.29, 0.717) is 10.2 Å². The van der Waals surface area contributed by atoms with Crippen LogP contribution in [0.1, 0.15) is 11.5 Å². The van der Waals surface area contributed by atoms with Gasteiger partial charge in [0.1, 0.15) is 17.1 Å². The number of aryl methyl sites for hydroxylation is 2. The molecule has 0 spiro atoms. The second-order valence-electron chi connectivity index (χ2n) is 4.06. The lowest BCUT2D eigenvalue weighted by Crippen LogP contribution is -1.86. The molecule has 0 saturated carbocycles. The molecule has 0 aliphatic heterocycles. The van der Waals surface area contributed by atoms with E-state index < -0.39 is 0 Å². The van der Waals surface area contributed by atoms with Gasteiger partial charge in [0.15, 0.2) is 0 Å². The largest absolute Gasteiger partial charge is 0.436 e. The number of oxazole rings is 1. The second kappa shape index (κ2) is 4.83. The van der Waals surface area contributed by atoms with E-state index in [1.807, 2.05) is 32.0 Å². The van der Waals surface area contributed by atoms with E-state index in [4.69, 9.17) is 16.0 Å². The van der Waals surface area contributed by atoms with Crippen molar-refractivity contribution in [3.63, 3.8) is 0 Å². The topological polar surface area (TPSA) is 51.8 Å². The van der Waals surface area contributed by atoms with Crippen LogP contribution >= 0.6 is 23.4 Å². The third kappa shape index (κ3) is 2.43. The summed E-state index contributed by atoms with van der Waals surface area (Å²) in [6.07, 6.45) is 1.52. The van der Waals surface area contributed by atoms with Crippen molar-refractivity contribution in [3.8, 4) is 0 Å². The molecule has 0 radical (unpaired) electrons. The lowest BCUT2D eigenvalue weighted by molar-refractivity contribution is 0.431. The lowest BCUT2D eigenvalue weighted by Gasteiger charge is -2.02. The smallest absolute Gasteiger partial charge is 0.262 e. The highest BCUT2D eigenvalue weighted by Crippen LogP contribution is 2.32. The van der Waals surface area contributed by atoms with Crippen LogP contribution in [-0.2, 0) is 0 Å². The molecule has 0 aliphatic rings. The van der Waals surface area contributed by atoms with Gasteiger partial charge >= 0.3 is 0 Å². The maximum Gasteiger partial charge on any atom is 0.262 e. The molecule has 2 aromatic heterocycles. The minimum Gasteiger partial charge on any atom is -0.436 e. The normalized spacial score (nSPS) is 11.1. The fourth-order valence-corrected chi connectivity index (χ4v) is 2.72. The van der Waals surface area contributed by atoms with Crippen molar-refractivity contribution in [1.29, 1.82) is 0 Å². The standard InChI is InChI=1S/C13H10ClN3OS/c1-7-8(2)18-13(17-7)19-12-10-4-3-9(14)5-11(10)15-6-16-12/h3-6H,1-2H3. The highest BCUT2D eigenvalue weighted by molar-refractivity contribution is 7.99. The Morgan fingerprint density at radius 3 is 2.79 bits per heavy atom. The Balaban J connectivity index is 2.05. The summed E-state index contributed by atoms with van der Waals surface area (Å²) in [7, 11) is 0. The molecule has 96 valence electrons. The summed E-state index contributed by atoms with van der Waals surface area (Å²) in [4.78, 5) is 12.8. The van der Waals surface area contributed by atoms with Crippen LogP contribution in [0.4, 0.5) is 0 Å². The van der Waals surface area contributed by atoms with Crippen LogP contribution in [-0.4, -0.2) is 15.0 Å². The zero-order valence-electron chi connectivity index (χ0n) is 10.3. The van der Waals surface area contributed by atoms with E-state index in [1.54, 1.807) is 0 Å². The van der Waals surface area contributed by atoms with E-state index in [1.165, 1.54) is 18.1 Å². The van der Waals surface area contributed by atoms with Crippen LogP contribution in [0.2, 0.25) is 5.02 Å². The molecule has 3 rings (SSSR count). The molecule has 0 unspecified atom stereocenters. The minimum atomic E-state index is 0.588. The molecule has 3 aromatic rings. The van der Waals surface area contributed by atoms with Crippen LogP contribution in [0, 0.1) is 13.8 Å². The highest BCUT2D eigenvalue weighted by Gasteiger charge is 2.11. The average Bonchev–Trinajstić information content (AvgIpc) is 2.68. The van der Waals surface area contributed by atoms with Crippen molar-refractivity contribution in [2.45, 2.75) is 24.1 Å². The summed E-state index contributed by atoms with van der Waals surface area (Å²) in [5.41, 5.74) is 1.70. The maximum absolute atomic E-state index is 5.96. The molecule has 0 atom stereocenters. The fourth-order valence-electron chi connectivity index (χ4n) is 1.66. The number of halogens is 1. The molecule has 0 fully saturated rings. The molecular formula is C13H10ClN3OS. The summed E-state index contributed by atoms with van der Waals surface area (Å²) in [5.74, 6) is 0.823. The molecule has 0 saturated heterocycles. The molecule has 0 bridgehead atoms. The highest BCUT2D eigenvalue weighted by atomic mass is 35.5. The number of nitrogens with zero attached hydrogens (tertiary/aromatic N) is 3. The fraction of sp³-hybridized carbons (Fsp3) is 0.154. The molecule has 4 nitrogen and oxygen atoms in total. The molecule has 19 heavy (non-hydrogen) atoms. The van der Waals surface area contributed by atoms with Gasteiger partial charge in [-0.25, -0.2) is 15.0 Å². The van der Waals surface area contributed by atoms with Gasteiger partial charge in [-0.3, -0.25) is 0 Å². The third-order valence-electron chi connectivity index (χ3n) is 2.75. The lowest BCUT2D eigenvalue weighted by atomic mass is 10.2. The van der Waals surface area contributed by atoms with E-state index in [0.717, 1.165) is 27.4 Å². The Morgan fingerprint density at radius 2 is 2.05 bits per heavy atom. The molecule has 0 amide bonds. The van der Waals surface area contributed by atoms with Gasteiger partial charge in [-0.15, -0.1) is 0 Å². The number of rotatable bonds is 2. The minimum absolute atomic E-state index is 0.588. The van der Waals surface area contributed by atoms with Crippen LogP contribution < -0.4 is 0 Å². The SMILES string of the molecule is Cc1nc(Sc2ncnc3cc(Cl)ccc23)oc1C. The van der Waals surface area contributed by atoms with Gasteiger partial charge in [-0.1, -0.05) is 11.6 Å². The Kier molecular flexibility index (Phi) is 3.16. The van der Waals surface area contributed by atoms with Crippen molar-refractivity contribution >= 4 is 34.3 Å². The number of hydrogen-bond acceptors (Lipinski definition) is 5. The average molecular weight is 292 g/mol. The van der Waals surface area contributed by atoms with E-state index in [-0.39, 0.29) is 0 Å². The van der Waals surface area contributed by atoms with Crippen LogP contribution in [0.3, 0.4) is 0 Å². The first kappa shape index (κ1) is 12.4. The Morgan fingerprint density at radius 1 is 1.21 bits per heavy atom. The van der Waals surface area contributed by atoms with E-state index in [9.17, 15) is 0 Å². The Bertz CT molecular complexity index is 737. The first-order valence-corrected chi connectivity index (χ1v) is 6.85. The van der Waals surface area contributed by atoms with Gasteiger partial charge in [0.2, 0.25) is 0 Å². The van der Waals surface area contributed by atoms with Crippen molar-refractivity contribution < 1.29 is 4.42 Å². The molecule has 0 N–H and O–H groups in total. The van der Waals surface area contributed by atoms with Crippen molar-refractivity contribution in [2.24, 2.45) is 0 Å². The third-order valence-corrected chi connectivity index (χ3v) is 3.86. The molecule has 2 heterocycles. The van der Waals surface area contributed by atoms with Crippen molar-refractivity contribution in [3.05, 3.63) is 41.0 Å². The van der Waals surface area contributed by atoms with Gasteiger partial charge in [-0.2, -0.15) is 0 Å². The monoisotopic (exact) mass is 291 g/mol. The summed E-state index contributed by atoms with van der Waals surface area (Å²) in [6, 6.07) is 5.54. The summed E-state index contributed by atoms with van der Waals surface area (Å²) >= 11 is 7.34. The van der Waals surface area contributed by atoms with Crippen LogP contribution in [0.15, 0.2) is 39.2 Å². The summed E-state index contributed by atoms with van der Waals surface area (Å²) in [6.45, 7) is 3.81. The van der Waals surface area contributed by atoms with E-state index in [2.05, 4.69) is 15.0 Å². The summed E-state index contributed by atoms with van der Waals surface area (Å²) in [5, 5.41) is 2.99. The van der Waals surface area contributed by atoms with Gasteiger partial charge in [0.25, 0.3) is 5.22 Å². The summed E-state index contributed by atoms with van der Waals surface area (Å²) < 4.78 is 5.56. The van der Waals surface area contributed by atoms with Gasteiger partial charge in [0, 0.05) is 10.4 Å². The zero-order chi connectivity index (χ0) is 13.4. The first-order valence-electron chi connectivity index (χ1n) is 5.65. The molecular weight excluding hydrogens is 282 g/mol. The van der Waals surface area contributed by atoms with Crippen LogP contribution in [0.25, 0.3) is 10.9 Å². The predicted octanol–water partition coefficient (Wildman–Crippen LogP) is 4.04. The van der Waals surface area contributed by atoms with Gasteiger partial charge in [-0.05, 0) is 43.8 Å². The second-order valence-corrected chi connectivity index (χ2v) is 5.44.